The van der Waals surface area contributed by atoms with Crippen LogP contribution in [0, 0.1) is 0 Å². The maximum Gasteiger partial charge on any atom is 0.293 e. The Balaban J connectivity index is 1.46. The number of furan rings is 1. The second kappa shape index (κ2) is 11.5. The molecule has 0 saturated heterocycles. The van der Waals surface area contributed by atoms with Crippen molar-refractivity contribution in [1.29, 1.82) is 0 Å². The number of hydrogen-bond acceptors (Lipinski definition) is 5. The predicted octanol–water partition coefficient (Wildman–Crippen LogP) is 5.53. The van der Waals surface area contributed by atoms with E-state index in [-0.39, 0.29) is 18.3 Å². The molecule has 0 atom stereocenters. The lowest BCUT2D eigenvalue weighted by Gasteiger charge is -2.19. The number of nitrogens with zero attached hydrogens (tertiary/aromatic N) is 3. The van der Waals surface area contributed by atoms with Gasteiger partial charge in [-0.25, -0.2) is 4.98 Å². The molecule has 4 rings (SSSR count). The smallest absolute Gasteiger partial charge is 0.293 e. The topological polar surface area (TPSA) is 72.5 Å². The van der Waals surface area contributed by atoms with E-state index in [1.807, 2.05) is 54.6 Å². The van der Waals surface area contributed by atoms with E-state index >= 15 is 0 Å². The standard InChI is InChI=1S/C28H32N4O3/c1-4-11-21-12-7-10-15-25(21)34-20-22-16-17-26(35-22)27(33)30-28-29-23-13-8-9-14-24(23)32(28)19-18-31(5-2)6-3/h4,7-10,12-17H,1,5-6,11,18-20H2,2-3H3,(H,29,30,33). The first kappa shape index (κ1) is 24.3. The summed E-state index contributed by atoms with van der Waals surface area (Å²) < 4.78 is 13.8. The highest BCUT2D eigenvalue weighted by Crippen LogP contribution is 2.22. The van der Waals surface area contributed by atoms with Crippen molar-refractivity contribution in [3.63, 3.8) is 0 Å². The zero-order chi connectivity index (χ0) is 24.6. The molecule has 0 spiro atoms. The molecule has 0 aliphatic carbocycles. The number of nitrogens with one attached hydrogen (secondary N) is 1. The molecule has 2 heterocycles. The van der Waals surface area contributed by atoms with Crippen LogP contribution in [0.1, 0.15) is 35.7 Å². The van der Waals surface area contributed by atoms with Crippen LogP contribution in [0.2, 0.25) is 0 Å². The minimum Gasteiger partial charge on any atom is -0.485 e. The third-order valence-electron chi connectivity index (χ3n) is 6.01. The fraction of sp³-hybridized carbons (Fsp3) is 0.286. The lowest BCUT2D eigenvalue weighted by atomic mass is 10.1. The van der Waals surface area contributed by atoms with E-state index in [0.717, 1.165) is 54.9 Å². The molecule has 0 aliphatic rings. The van der Waals surface area contributed by atoms with Gasteiger partial charge in [0.05, 0.1) is 11.0 Å². The molecule has 1 N–H and O–H groups in total. The zero-order valence-electron chi connectivity index (χ0n) is 20.4. The van der Waals surface area contributed by atoms with E-state index in [9.17, 15) is 4.79 Å². The molecule has 0 unspecified atom stereocenters. The molecule has 0 radical (unpaired) electrons. The molecule has 4 aromatic rings. The van der Waals surface area contributed by atoms with Gasteiger partial charge in [-0.3, -0.25) is 10.1 Å². The van der Waals surface area contributed by atoms with Gasteiger partial charge in [0.1, 0.15) is 18.1 Å². The van der Waals surface area contributed by atoms with Crippen molar-refractivity contribution < 1.29 is 13.9 Å². The Morgan fingerprint density at radius 3 is 2.69 bits per heavy atom. The Kier molecular flexibility index (Phi) is 8.00. The van der Waals surface area contributed by atoms with Crippen LogP contribution in [0.15, 0.2) is 77.7 Å². The van der Waals surface area contributed by atoms with Gasteiger partial charge >= 0.3 is 0 Å². The molecule has 0 aliphatic heterocycles. The number of carbonyl (C=O) groups excluding carboxylic acids is 1. The molecule has 2 aromatic heterocycles. The summed E-state index contributed by atoms with van der Waals surface area (Å²) in [6, 6.07) is 19.1. The maximum absolute atomic E-state index is 13.0. The van der Waals surface area contributed by atoms with E-state index in [1.165, 1.54) is 0 Å². The maximum atomic E-state index is 13.0. The number of anilines is 1. The molecule has 7 heteroatoms. The Morgan fingerprint density at radius 1 is 1.11 bits per heavy atom. The first-order chi connectivity index (χ1) is 17.1. The number of amides is 1. The van der Waals surface area contributed by atoms with Crippen LogP contribution >= 0.6 is 0 Å². The molecule has 0 bridgehead atoms. The van der Waals surface area contributed by atoms with E-state index in [4.69, 9.17) is 9.15 Å². The van der Waals surface area contributed by atoms with E-state index in [1.54, 1.807) is 12.1 Å². The third kappa shape index (κ3) is 5.81. The number of fused-ring (bicyclic) bond motifs is 1. The second-order valence-electron chi connectivity index (χ2n) is 8.21. The fourth-order valence-corrected chi connectivity index (χ4v) is 4.04. The summed E-state index contributed by atoms with van der Waals surface area (Å²) in [5, 5.41) is 2.94. The Bertz CT molecular complexity index is 1290. The number of allylic oxidation sites excluding steroid dienone is 1. The van der Waals surface area contributed by atoms with Crippen LogP contribution in [0.3, 0.4) is 0 Å². The average Bonchev–Trinajstić information content (AvgIpc) is 3.49. The summed E-state index contributed by atoms with van der Waals surface area (Å²) in [5.74, 6) is 1.72. The Hall–Kier alpha value is -3.84. The van der Waals surface area contributed by atoms with Gasteiger partial charge < -0.3 is 18.6 Å². The number of hydrogen-bond donors (Lipinski definition) is 1. The molecular weight excluding hydrogens is 440 g/mol. The van der Waals surface area contributed by atoms with Crippen molar-refractivity contribution in [3.05, 3.63) is 90.4 Å². The summed E-state index contributed by atoms with van der Waals surface area (Å²) >= 11 is 0. The highest BCUT2D eigenvalue weighted by molar-refractivity contribution is 6.02. The normalized spacial score (nSPS) is 11.2. The van der Waals surface area contributed by atoms with Crippen LogP contribution in [-0.2, 0) is 19.6 Å². The summed E-state index contributed by atoms with van der Waals surface area (Å²) in [5.41, 5.74) is 2.88. The predicted molar refractivity (Wildman–Crippen MR) is 139 cm³/mol. The summed E-state index contributed by atoms with van der Waals surface area (Å²) in [7, 11) is 0. The lowest BCUT2D eigenvalue weighted by Crippen LogP contribution is -2.27. The van der Waals surface area contributed by atoms with E-state index in [0.29, 0.717) is 11.7 Å². The number of benzene rings is 2. The summed E-state index contributed by atoms with van der Waals surface area (Å²) in [4.78, 5) is 20.0. The fourth-order valence-electron chi connectivity index (χ4n) is 4.04. The number of para-hydroxylation sites is 3. The summed E-state index contributed by atoms with van der Waals surface area (Å²) in [6.45, 7) is 11.8. The SMILES string of the molecule is C=CCc1ccccc1OCc1ccc(C(=O)Nc2nc3ccccc3n2CCN(CC)CC)o1. The average molecular weight is 473 g/mol. The summed E-state index contributed by atoms with van der Waals surface area (Å²) in [6.07, 6.45) is 2.56. The first-order valence-corrected chi connectivity index (χ1v) is 12.0. The minimum atomic E-state index is -0.345. The minimum absolute atomic E-state index is 0.213. The molecule has 0 fully saturated rings. The number of rotatable bonds is 12. The Labute approximate surface area is 206 Å². The molecule has 7 nitrogen and oxygen atoms in total. The van der Waals surface area contributed by atoms with Crippen molar-refractivity contribution in [2.45, 2.75) is 33.4 Å². The van der Waals surface area contributed by atoms with Crippen LogP contribution in [0.25, 0.3) is 11.0 Å². The monoisotopic (exact) mass is 472 g/mol. The van der Waals surface area contributed by atoms with Gasteiger partial charge in [-0.05, 0) is 55.4 Å². The molecular formula is C28H32N4O3. The third-order valence-corrected chi connectivity index (χ3v) is 6.01. The molecule has 2 aromatic carbocycles. The van der Waals surface area contributed by atoms with Crippen molar-refractivity contribution in [2.75, 3.05) is 25.0 Å². The van der Waals surface area contributed by atoms with Gasteiger partial charge in [0.2, 0.25) is 5.95 Å². The number of likely N-dealkylation sites (N-methyl/N-ethyl adjacent to an activating group) is 1. The van der Waals surface area contributed by atoms with Crippen molar-refractivity contribution in [2.24, 2.45) is 0 Å². The van der Waals surface area contributed by atoms with Gasteiger partial charge in [-0.1, -0.05) is 50.3 Å². The largest absolute Gasteiger partial charge is 0.485 e. The van der Waals surface area contributed by atoms with Gasteiger partial charge in [0.25, 0.3) is 5.91 Å². The second-order valence-corrected chi connectivity index (χ2v) is 8.21. The van der Waals surface area contributed by atoms with Gasteiger partial charge in [-0.2, -0.15) is 0 Å². The van der Waals surface area contributed by atoms with Crippen LogP contribution in [-0.4, -0.2) is 40.0 Å². The lowest BCUT2D eigenvalue weighted by molar-refractivity contribution is 0.0991. The van der Waals surface area contributed by atoms with Gasteiger partial charge in [0, 0.05) is 13.1 Å². The van der Waals surface area contributed by atoms with Crippen LogP contribution in [0.5, 0.6) is 5.75 Å². The quantitative estimate of drug-likeness (QED) is 0.275. The zero-order valence-corrected chi connectivity index (χ0v) is 20.4. The van der Waals surface area contributed by atoms with E-state index < -0.39 is 0 Å². The molecule has 0 saturated carbocycles. The molecule has 35 heavy (non-hydrogen) atoms. The number of ether oxygens (including phenoxy) is 1. The highest BCUT2D eigenvalue weighted by atomic mass is 16.5. The number of aromatic nitrogens is 2. The molecule has 1 amide bonds. The van der Waals surface area contributed by atoms with Crippen molar-refractivity contribution >= 4 is 22.9 Å². The number of imidazole rings is 1. The first-order valence-electron chi connectivity index (χ1n) is 12.0. The Morgan fingerprint density at radius 2 is 1.89 bits per heavy atom. The van der Waals surface area contributed by atoms with Gasteiger partial charge in [0.15, 0.2) is 5.76 Å². The number of carbonyl (C=O) groups is 1. The highest BCUT2D eigenvalue weighted by Gasteiger charge is 2.18. The van der Waals surface area contributed by atoms with Gasteiger partial charge in [-0.15, -0.1) is 6.58 Å². The van der Waals surface area contributed by atoms with Crippen molar-refractivity contribution in [3.8, 4) is 5.75 Å². The molecule has 182 valence electrons. The van der Waals surface area contributed by atoms with Crippen LogP contribution in [0.4, 0.5) is 5.95 Å². The van der Waals surface area contributed by atoms with E-state index in [2.05, 4.69) is 40.2 Å². The van der Waals surface area contributed by atoms with Crippen LogP contribution < -0.4 is 10.1 Å². The van der Waals surface area contributed by atoms with Crippen molar-refractivity contribution in [1.82, 2.24) is 14.5 Å².